The summed E-state index contributed by atoms with van der Waals surface area (Å²) in [5.41, 5.74) is 1.96. The molecule has 0 amide bonds. The van der Waals surface area contributed by atoms with Crippen molar-refractivity contribution < 1.29 is 0 Å². The van der Waals surface area contributed by atoms with Crippen LogP contribution in [-0.2, 0) is 0 Å². The Balaban J connectivity index is 0.00000147. The molecule has 0 saturated carbocycles. The van der Waals surface area contributed by atoms with Crippen LogP contribution in [-0.4, -0.2) is 4.98 Å². The van der Waals surface area contributed by atoms with Gasteiger partial charge in [-0.05, 0) is 44.9 Å². The van der Waals surface area contributed by atoms with E-state index in [9.17, 15) is 0 Å². The third-order valence-corrected chi connectivity index (χ3v) is 4.34. The van der Waals surface area contributed by atoms with Gasteiger partial charge in [0.1, 0.15) is 0 Å². The number of nitrogens with zero attached hydrogens (tertiary/aromatic N) is 2. The van der Waals surface area contributed by atoms with Crippen molar-refractivity contribution in [3.05, 3.63) is 65.5 Å². The predicted octanol–water partition coefficient (Wildman–Crippen LogP) is 4.80. The Morgan fingerprint density at radius 2 is 1.50 bits per heavy atom. The number of benzene rings is 2. The van der Waals surface area contributed by atoms with E-state index in [1.165, 1.54) is 0 Å². The van der Waals surface area contributed by atoms with E-state index in [-0.39, 0.29) is 24.0 Å². The molecule has 1 heterocycles. The second-order valence-corrected chi connectivity index (χ2v) is 5.89. The molecule has 3 rings (SSSR count). The second-order valence-electron chi connectivity index (χ2n) is 3.80. The average Bonchev–Trinajstić information content (AvgIpc) is 2.88. The van der Waals surface area contributed by atoms with E-state index in [0.717, 1.165) is 21.3 Å². The van der Waals surface area contributed by atoms with Gasteiger partial charge < -0.3 is 5.32 Å². The molecule has 3 aromatic rings. The van der Waals surface area contributed by atoms with Crippen LogP contribution < -0.4 is 10.1 Å². The zero-order chi connectivity index (χ0) is 12.9. The molecule has 1 aromatic heterocycles. The molecule has 1 N–H and O–H groups in total. The molecule has 0 radical (unpaired) electrons. The number of nitrogens with one attached hydrogen (secondary N) is 1. The number of para-hydroxylation sites is 2. The Morgan fingerprint density at radius 1 is 0.850 bits per heavy atom. The highest BCUT2D eigenvalue weighted by molar-refractivity contribution is 14.0. The maximum Gasteiger partial charge on any atom is 0.222 e. The van der Waals surface area contributed by atoms with Crippen molar-refractivity contribution in [3.8, 4) is 0 Å². The molecule has 6 heteroatoms. The molecule has 0 atom stereocenters. The van der Waals surface area contributed by atoms with E-state index in [1.54, 1.807) is 20.7 Å². The zero-order valence-electron chi connectivity index (χ0n) is 10.4. The molecule has 0 unspecified atom stereocenters. The zero-order valence-corrected chi connectivity index (χ0v) is 14.4. The van der Waals surface area contributed by atoms with Gasteiger partial charge in [-0.2, -0.15) is 4.98 Å². The fourth-order valence-electron chi connectivity index (χ4n) is 1.55. The average molecular weight is 413 g/mol. The lowest BCUT2D eigenvalue weighted by molar-refractivity contribution is 1.24. The van der Waals surface area contributed by atoms with Crippen LogP contribution in [0.1, 0.15) is 0 Å². The van der Waals surface area contributed by atoms with Gasteiger partial charge in [0, 0.05) is 5.69 Å². The first-order valence-corrected chi connectivity index (χ1v) is 7.94. The normalized spacial score (nSPS) is 10.9. The molecule has 3 nitrogen and oxygen atoms in total. The summed E-state index contributed by atoms with van der Waals surface area (Å²) in [7, 11) is 3.15. The largest absolute Gasteiger partial charge is 0.331 e. The van der Waals surface area contributed by atoms with E-state index >= 15 is 0 Å². The molecule has 0 fully saturated rings. The van der Waals surface area contributed by atoms with E-state index in [0.29, 0.717) is 0 Å². The molecule has 0 bridgehead atoms. The van der Waals surface area contributed by atoms with Gasteiger partial charge in [-0.15, -0.1) is 24.0 Å². The van der Waals surface area contributed by atoms with Gasteiger partial charge >= 0.3 is 0 Å². The van der Waals surface area contributed by atoms with Crippen LogP contribution in [0.25, 0.3) is 0 Å². The van der Waals surface area contributed by atoms with Crippen molar-refractivity contribution in [2.75, 3.05) is 5.32 Å². The quantitative estimate of drug-likeness (QED) is 0.495. The highest BCUT2D eigenvalue weighted by atomic mass is 127. The van der Waals surface area contributed by atoms with E-state index in [1.807, 2.05) is 60.7 Å². The predicted molar refractivity (Wildman–Crippen MR) is 96.8 cm³/mol. The van der Waals surface area contributed by atoms with Crippen molar-refractivity contribution in [3.63, 3.8) is 0 Å². The summed E-state index contributed by atoms with van der Waals surface area (Å²) in [6.07, 6.45) is 0. The Kier molecular flexibility index (Phi) is 5.69. The van der Waals surface area contributed by atoms with Crippen LogP contribution in [0.15, 0.2) is 65.7 Å². The minimum atomic E-state index is 0. The molecular weight excluding hydrogens is 401 g/mol. The molecule has 20 heavy (non-hydrogen) atoms. The van der Waals surface area contributed by atoms with Crippen molar-refractivity contribution >= 4 is 61.2 Å². The van der Waals surface area contributed by atoms with Crippen LogP contribution in [0, 0.1) is 0 Å². The lowest BCUT2D eigenvalue weighted by Crippen LogP contribution is -1.98. The monoisotopic (exact) mass is 413 g/mol. The molecule has 0 spiro atoms. The second kappa shape index (κ2) is 7.51. The fraction of sp³-hybridized carbons (Fsp3) is 0. The third-order valence-electron chi connectivity index (χ3n) is 2.40. The number of hydrogen-bond acceptors (Lipinski definition) is 5. The summed E-state index contributed by atoms with van der Waals surface area (Å²) in [5.74, 6) is 0. The molecule has 0 aliphatic heterocycles. The van der Waals surface area contributed by atoms with Gasteiger partial charge in [0.2, 0.25) is 4.80 Å². The highest BCUT2D eigenvalue weighted by Crippen LogP contribution is 2.19. The molecule has 0 saturated heterocycles. The summed E-state index contributed by atoms with van der Waals surface area (Å²) in [6.45, 7) is 0. The van der Waals surface area contributed by atoms with Crippen molar-refractivity contribution in [1.29, 1.82) is 0 Å². The number of halogens is 1. The lowest BCUT2D eigenvalue weighted by atomic mass is 10.3. The highest BCUT2D eigenvalue weighted by Gasteiger charge is 1.99. The Bertz CT molecular complexity index is 708. The number of aromatic nitrogens is 1. The third kappa shape index (κ3) is 4.12. The SMILES string of the molecule is I.c1ccc(N=c2nc(Nc3ccccc3)ss2)cc1. The first-order valence-electron chi connectivity index (χ1n) is 5.79. The summed E-state index contributed by atoms with van der Waals surface area (Å²) < 4.78 is 0. The van der Waals surface area contributed by atoms with E-state index in [2.05, 4.69) is 15.3 Å². The molecule has 0 aliphatic rings. The van der Waals surface area contributed by atoms with Gasteiger partial charge in [0.25, 0.3) is 0 Å². The van der Waals surface area contributed by atoms with Gasteiger partial charge in [-0.1, -0.05) is 36.4 Å². The van der Waals surface area contributed by atoms with Crippen molar-refractivity contribution in [2.45, 2.75) is 0 Å². The van der Waals surface area contributed by atoms with Gasteiger partial charge in [-0.3, -0.25) is 0 Å². The first kappa shape index (κ1) is 15.1. The van der Waals surface area contributed by atoms with Crippen molar-refractivity contribution in [2.24, 2.45) is 4.99 Å². The summed E-state index contributed by atoms with van der Waals surface area (Å²) in [4.78, 5) is 9.71. The number of rotatable bonds is 3. The maximum atomic E-state index is 4.48. The smallest absolute Gasteiger partial charge is 0.222 e. The van der Waals surface area contributed by atoms with Crippen LogP contribution in [0.3, 0.4) is 0 Å². The van der Waals surface area contributed by atoms with Crippen LogP contribution in [0.5, 0.6) is 0 Å². The van der Waals surface area contributed by atoms with E-state index in [4.69, 9.17) is 0 Å². The van der Waals surface area contributed by atoms with Gasteiger partial charge in [-0.25, -0.2) is 4.99 Å². The minimum Gasteiger partial charge on any atom is -0.331 e. The number of anilines is 2. The fourth-order valence-corrected chi connectivity index (χ4v) is 3.24. The standard InChI is InChI=1S/C14H11N3S2.HI/c1-3-7-11(8-4-1)15-13-17-14(19-18-13)16-12-9-5-2-6-10-12;/h1-10H,(H,15,16,17);1H. The maximum absolute atomic E-state index is 4.48. The van der Waals surface area contributed by atoms with Gasteiger partial charge in [0.05, 0.1) is 5.69 Å². The summed E-state index contributed by atoms with van der Waals surface area (Å²) in [6, 6.07) is 19.9. The van der Waals surface area contributed by atoms with Crippen LogP contribution >= 0.6 is 44.7 Å². The van der Waals surface area contributed by atoms with E-state index < -0.39 is 0 Å². The molecule has 2 aromatic carbocycles. The molecule has 102 valence electrons. The summed E-state index contributed by atoms with van der Waals surface area (Å²) >= 11 is 0. The number of hydrogen-bond donors (Lipinski definition) is 1. The molecule has 0 aliphatic carbocycles. The Labute approximate surface area is 141 Å². The topological polar surface area (TPSA) is 37.3 Å². The van der Waals surface area contributed by atoms with Crippen LogP contribution in [0.4, 0.5) is 16.5 Å². The molecular formula is C14H12IN3S2. The summed E-state index contributed by atoms with van der Waals surface area (Å²) in [5, 5.41) is 4.13. The van der Waals surface area contributed by atoms with Gasteiger partial charge in [0.15, 0.2) is 5.13 Å². The van der Waals surface area contributed by atoms with Crippen molar-refractivity contribution in [1.82, 2.24) is 4.98 Å². The lowest BCUT2D eigenvalue weighted by Gasteiger charge is -1.99. The minimum absolute atomic E-state index is 0. The first-order chi connectivity index (χ1) is 9.40. The van der Waals surface area contributed by atoms with Crippen LogP contribution in [0.2, 0.25) is 0 Å². The Hall–Kier alpha value is -1.25. The Morgan fingerprint density at radius 3 is 2.20 bits per heavy atom.